The van der Waals surface area contributed by atoms with Crippen LogP contribution < -0.4 is 0 Å². The Hall–Kier alpha value is -0.740. The van der Waals surface area contributed by atoms with Gasteiger partial charge in [-0.05, 0) is 53.4 Å². The molecule has 1 N–H and O–H groups in total. The summed E-state index contributed by atoms with van der Waals surface area (Å²) in [6.07, 6.45) is 4.73. The Morgan fingerprint density at radius 3 is 1.55 bits per heavy atom. The van der Waals surface area contributed by atoms with Crippen LogP contribution in [0.2, 0.25) is 0 Å². The van der Waals surface area contributed by atoms with E-state index in [2.05, 4.69) is 15.9 Å². The minimum absolute atomic E-state index is 0.0801. The molecule has 0 aromatic heterocycles. The molecule has 0 aromatic rings. The van der Waals surface area contributed by atoms with Gasteiger partial charge in [0.25, 0.3) is 0 Å². The van der Waals surface area contributed by atoms with Gasteiger partial charge in [-0.1, -0.05) is 15.9 Å². The highest BCUT2D eigenvalue weighted by atomic mass is 79.9. The van der Waals surface area contributed by atoms with Gasteiger partial charge in [-0.25, -0.2) is 0 Å². The van der Waals surface area contributed by atoms with Crippen LogP contribution in [-0.4, -0.2) is 81.8 Å². The number of esters is 2. The Labute approximate surface area is 197 Å². The molecule has 31 heavy (non-hydrogen) atoms. The second-order valence-corrected chi connectivity index (χ2v) is 6.74. The fourth-order valence-electron chi connectivity index (χ4n) is 1.88. The summed E-state index contributed by atoms with van der Waals surface area (Å²) in [4.78, 5) is 21.6. The van der Waals surface area contributed by atoms with Gasteiger partial charge in [0.2, 0.25) is 0 Å². The van der Waals surface area contributed by atoms with Crippen molar-refractivity contribution >= 4 is 27.9 Å². The molecule has 0 unspecified atom stereocenters. The SMILES string of the molecule is CCOC(=O)CCCCBr.CCOCCO.CCOCCOCCCCC(=O)OCC. The molecule has 0 aliphatic carbocycles. The highest BCUT2D eigenvalue weighted by Crippen LogP contribution is 2.00. The van der Waals surface area contributed by atoms with Gasteiger partial charge in [0, 0.05) is 38.0 Å². The molecule has 0 amide bonds. The second kappa shape index (κ2) is 33.9. The van der Waals surface area contributed by atoms with Crippen molar-refractivity contribution in [3.63, 3.8) is 0 Å². The van der Waals surface area contributed by atoms with Gasteiger partial charge < -0.3 is 28.8 Å². The number of carbonyl (C=O) groups excluding carboxylic acids is 2. The number of halogens is 1. The van der Waals surface area contributed by atoms with Gasteiger partial charge in [-0.3, -0.25) is 9.59 Å². The van der Waals surface area contributed by atoms with E-state index < -0.39 is 0 Å². The molecule has 0 aliphatic rings. The monoisotopic (exact) mass is 516 g/mol. The number of hydrogen-bond acceptors (Lipinski definition) is 8. The lowest BCUT2D eigenvalue weighted by Gasteiger charge is -2.04. The normalized spacial score (nSPS) is 9.74. The fourth-order valence-corrected chi connectivity index (χ4v) is 2.27. The largest absolute Gasteiger partial charge is 0.466 e. The summed E-state index contributed by atoms with van der Waals surface area (Å²) < 4.78 is 24.7. The number of carbonyl (C=O) groups is 2. The van der Waals surface area contributed by atoms with E-state index in [1.54, 1.807) is 0 Å². The molecule has 0 saturated carbocycles. The van der Waals surface area contributed by atoms with Crippen LogP contribution in [0.1, 0.15) is 66.2 Å². The standard InChI is InChI=1S/C11H22O4.C7H13BrO2.C4H10O2/c1-3-13-9-10-14-8-6-5-7-11(12)15-4-2;1-2-10-7(9)5-3-4-6-8;1-2-6-4-3-5/h3-10H2,1-2H3;2-6H2,1H3;5H,2-4H2,1H3. The maximum Gasteiger partial charge on any atom is 0.305 e. The van der Waals surface area contributed by atoms with E-state index in [1.807, 2.05) is 27.7 Å². The van der Waals surface area contributed by atoms with Gasteiger partial charge in [-0.2, -0.15) is 0 Å². The first kappa shape index (κ1) is 34.9. The predicted octanol–water partition coefficient (Wildman–Crippen LogP) is 3.90. The smallest absolute Gasteiger partial charge is 0.305 e. The van der Waals surface area contributed by atoms with Crippen LogP contribution in [0.3, 0.4) is 0 Å². The molecule has 0 fully saturated rings. The molecule has 0 atom stereocenters. The molecule has 0 aromatic carbocycles. The number of aliphatic hydroxyl groups is 1. The minimum atomic E-state index is -0.119. The Morgan fingerprint density at radius 1 is 0.645 bits per heavy atom. The second-order valence-electron chi connectivity index (χ2n) is 5.94. The molecule has 0 spiro atoms. The quantitative estimate of drug-likeness (QED) is 0.166. The van der Waals surface area contributed by atoms with Crippen molar-refractivity contribution in [2.45, 2.75) is 66.2 Å². The molecule has 0 bridgehead atoms. The molecule has 0 heterocycles. The van der Waals surface area contributed by atoms with E-state index in [9.17, 15) is 9.59 Å². The Morgan fingerprint density at radius 2 is 1.13 bits per heavy atom. The first-order valence-electron chi connectivity index (χ1n) is 11.2. The van der Waals surface area contributed by atoms with Crippen LogP contribution in [0.15, 0.2) is 0 Å². The van der Waals surface area contributed by atoms with Crippen molar-refractivity contribution in [3.8, 4) is 0 Å². The lowest BCUT2D eigenvalue weighted by Crippen LogP contribution is -2.06. The zero-order valence-corrected chi connectivity index (χ0v) is 21.6. The van der Waals surface area contributed by atoms with Gasteiger partial charge in [-0.15, -0.1) is 0 Å². The third-order valence-corrected chi connectivity index (χ3v) is 3.87. The van der Waals surface area contributed by atoms with E-state index in [-0.39, 0.29) is 18.5 Å². The summed E-state index contributed by atoms with van der Waals surface area (Å²) in [7, 11) is 0. The van der Waals surface area contributed by atoms with Crippen molar-refractivity contribution < 1.29 is 38.4 Å². The summed E-state index contributed by atoms with van der Waals surface area (Å²) in [5.41, 5.74) is 0. The first-order valence-corrected chi connectivity index (χ1v) is 12.4. The van der Waals surface area contributed by atoms with Crippen LogP contribution in [0.5, 0.6) is 0 Å². The molecular formula is C22H45BrO8. The number of hydrogen-bond donors (Lipinski definition) is 1. The summed E-state index contributed by atoms with van der Waals surface area (Å²) in [5.74, 6) is -0.199. The molecule has 0 radical (unpaired) electrons. The van der Waals surface area contributed by atoms with Crippen LogP contribution in [0.4, 0.5) is 0 Å². The molecule has 0 saturated heterocycles. The highest BCUT2D eigenvalue weighted by Gasteiger charge is 2.00. The third-order valence-electron chi connectivity index (χ3n) is 3.31. The van der Waals surface area contributed by atoms with Crippen molar-refractivity contribution in [1.29, 1.82) is 0 Å². The number of alkyl halides is 1. The average molecular weight is 517 g/mol. The number of aliphatic hydroxyl groups excluding tert-OH is 1. The lowest BCUT2D eigenvalue weighted by atomic mass is 10.2. The molecule has 9 heteroatoms. The fraction of sp³-hybridized carbons (Fsp3) is 0.909. The van der Waals surface area contributed by atoms with E-state index in [1.165, 1.54) is 0 Å². The minimum Gasteiger partial charge on any atom is -0.466 e. The van der Waals surface area contributed by atoms with Crippen LogP contribution >= 0.6 is 15.9 Å². The summed E-state index contributed by atoms with van der Waals surface area (Å²) in [6.45, 7) is 12.4. The van der Waals surface area contributed by atoms with E-state index in [0.717, 1.165) is 37.6 Å². The Balaban J connectivity index is -0.000000421. The van der Waals surface area contributed by atoms with Crippen LogP contribution in [0, 0.1) is 0 Å². The van der Waals surface area contributed by atoms with Crippen LogP contribution in [-0.2, 0) is 33.3 Å². The molecular weight excluding hydrogens is 472 g/mol. The highest BCUT2D eigenvalue weighted by molar-refractivity contribution is 9.09. The van der Waals surface area contributed by atoms with E-state index in [0.29, 0.717) is 59.1 Å². The lowest BCUT2D eigenvalue weighted by molar-refractivity contribution is -0.144. The number of rotatable bonds is 18. The van der Waals surface area contributed by atoms with Crippen LogP contribution in [0.25, 0.3) is 0 Å². The predicted molar refractivity (Wildman–Crippen MR) is 126 cm³/mol. The molecule has 188 valence electrons. The summed E-state index contributed by atoms with van der Waals surface area (Å²) in [5, 5.41) is 9.04. The Kier molecular flexibility index (Phi) is 38.1. The van der Waals surface area contributed by atoms with Crippen molar-refractivity contribution in [2.75, 3.05) is 64.8 Å². The molecule has 0 aliphatic heterocycles. The maximum absolute atomic E-state index is 10.9. The number of unbranched alkanes of at least 4 members (excludes halogenated alkanes) is 2. The number of ether oxygens (including phenoxy) is 5. The van der Waals surface area contributed by atoms with Crippen molar-refractivity contribution in [2.24, 2.45) is 0 Å². The Bertz CT molecular complexity index is 352. The molecule has 0 rings (SSSR count). The van der Waals surface area contributed by atoms with Gasteiger partial charge in [0.15, 0.2) is 0 Å². The topological polar surface area (TPSA) is 101 Å². The van der Waals surface area contributed by atoms with Crippen molar-refractivity contribution in [1.82, 2.24) is 0 Å². The average Bonchev–Trinajstić information content (AvgIpc) is 2.75. The van der Waals surface area contributed by atoms with Gasteiger partial charge in [0.1, 0.15) is 0 Å². The van der Waals surface area contributed by atoms with Gasteiger partial charge >= 0.3 is 11.9 Å². The van der Waals surface area contributed by atoms with E-state index in [4.69, 9.17) is 28.8 Å². The summed E-state index contributed by atoms with van der Waals surface area (Å²) in [6, 6.07) is 0. The maximum atomic E-state index is 10.9. The zero-order chi connectivity index (χ0) is 24.0. The van der Waals surface area contributed by atoms with Gasteiger partial charge in [0.05, 0.1) is 39.6 Å². The van der Waals surface area contributed by atoms with Crippen molar-refractivity contribution in [3.05, 3.63) is 0 Å². The zero-order valence-electron chi connectivity index (χ0n) is 20.0. The molecule has 8 nitrogen and oxygen atoms in total. The summed E-state index contributed by atoms with van der Waals surface area (Å²) >= 11 is 3.29. The first-order chi connectivity index (χ1) is 15.0. The third kappa shape index (κ3) is 40.2. The van der Waals surface area contributed by atoms with E-state index >= 15 is 0 Å².